The SMILES string of the molecule is CCN(C1CCC1)[C@@H](CNC(=O)c1ccc(Cl)s1)C(=O)Nc1ccc(N2CCOCC2=O)cc1F. The number of amides is 3. The van der Waals surface area contributed by atoms with Gasteiger partial charge in [0.2, 0.25) is 5.91 Å². The van der Waals surface area contributed by atoms with Gasteiger partial charge in [-0.2, -0.15) is 0 Å². The van der Waals surface area contributed by atoms with Gasteiger partial charge in [0, 0.05) is 24.8 Å². The molecule has 2 N–H and O–H groups in total. The van der Waals surface area contributed by atoms with Crippen LogP contribution in [0.1, 0.15) is 35.9 Å². The first kappa shape index (κ1) is 25.6. The lowest BCUT2D eigenvalue weighted by atomic mass is 9.90. The summed E-state index contributed by atoms with van der Waals surface area (Å²) in [7, 11) is 0. The van der Waals surface area contributed by atoms with Gasteiger partial charge < -0.3 is 20.3 Å². The Morgan fingerprint density at radius 3 is 2.71 bits per heavy atom. The highest BCUT2D eigenvalue weighted by molar-refractivity contribution is 7.18. The van der Waals surface area contributed by atoms with Crippen molar-refractivity contribution in [2.75, 3.05) is 43.1 Å². The van der Waals surface area contributed by atoms with Crippen molar-refractivity contribution < 1.29 is 23.5 Å². The summed E-state index contributed by atoms with van der Waals surface area (Å²) in [5.41, 5.74) is 0.433. The van der Waals surface area contributed by atoms with E-state index < -0.39 is 17.8 Å². The molecule has 11 heteroatoms. The third kappa shape index (κ3) is 6.00. The monoisotopic (exact) mass is 522 g/mol. The van der Waals surface area contributed by atoms with Gasteiger partial charge in [0.1, 0.15) is 18.5 Å². The molecule has 1 saturated heterocycles. The second-order valence-corrected chi connectivity index (χ2v) is 10.2. The number of thiophene rings is 1. The molecular formula is C24H28ClFN4O4S. The molecule has 1 aliphatic carbocycles. The van der Waals surface area contributed by atoms with E-state index >= 15 is 0 Å². The van der Waals surface area contributed by atoms with Crippen LogP contribution >= 0.6 is 22.9 Å². The zero-order valence-corrected chi connectivity index (χ0v) is 21.0. The number of rotatable bonds is 9. The highest BCUT2D eigenvalue weighted by atomic mass is 35.5. The normalized spacial score (nSPS) is 17.3. The van der Waals surface area contributed by atoms with Gasteiger partial charge in [-0.25, -0.2) is 4.39 Å². The molecule has 0 radical (unpaired) electrons. The zero-order chi connectivity index (χ0) is 24.9. The van der Waals surface area contributed by atoms with E-state index in [4.69, 9.17) is 16.3 Å². The Labute approximate surface area is 212 Å². The standard InChI is InChI=1S/C24H28ClFN4O4S/c1-2-29(15-4-3-5-15)19(13-27-24(33)20-8-9-21(25)35-20)23(32)28-18-7-6-16(12-17(18)26)30-10-11-34-14-22(30)31/h6-9,12,15,19H,2-5,10-11,13-14H2,1H3,(H,27,33)(H,28,32)/t19-/m0/s1. The fraction of sp³-hybridized carbons (Fsp3) is 0.458. The zero-order valence-electron chi connectivity index (χ0n) is 19.4. The highest BCUT2D eigenvalue weighted by Gasteiger charge is 2.34. The smallest absolute Gasteiger partial charge is 0.261 e. The van der Waals surface area contributed by atoms with Crippen molar-refractivity contribution in [2.45, 2.75) is 38.3 Å². The molecule has 0 unspecified atom stereocenters. The molecule has 8 nitrogen and oxygen atoms in total. The van der Waals surface area contributed by atoms with Crippen molar-refractivity contribution in [3.8, 4) is 0 Å². The van der Waals surface area contributed by atoms with Gasteiger partial charge in [0.25, 0.3) is 11.8 Å². The van der Waals surface area contributed by atoms with Crippen LogP contribution < -0.4 is 15.5 Å². The number of ether oxygens (including phenoxy) is 1. The van der Waals surface area contributed by atoms with Crippen molar-refractivity contribution in [1.82, 2.24) is 10.2 Å². The number of carbonyl (C=O) groups excluding carboxylic acids is 3. The van der Waals surface area contributed by atoms with Crippen LogP contribution in [-0.2, 0) is 14.3 Å². The van der Waals surface area contributed by atoms with Gasteiger partial charge in [-0.3, -0.25) is 19.3 Å². The third-order valence-corrected chi connectivity index (χ3v) is 7.60. The first-order chi connectivity index (χ1) is 16.9. The summed E-state index contributed by atoms with van der Waals surface area (Å²) in [4.78, 5) is 41.9. The van der Waals surface area contributed by atoms with Crippen molar-refractivity contribution >= 4 is 52.0 Å². The van der Waals surface area contributed by atoms with Crippen LogP contribution in [0.5, 0.6) is 0 Å². The average molecular weight is 523 g/mol. The van der Waals surface area contributed by atoms with Crippen molar-refractivity contribution in [3.63, 3.8) is 0 Å². The number of carbonyl (C=O) groups is 3. The molecule has 1 atom stereocenters. The van der Waals surface area contributed by atoms with Gasteiger partial charge in [0.15, 0.2) is 0 Å². The molecular weight excluding hydrogens is 495 g/mol. The second kappa shape index (κ2) is 11.5. The van der Waals surface area contributed by atoms with E-state index in [1.165, 1.54) is 17.0 Å². The minimum atomic E-state index is -0.676. The van der Waals surface area contributed by atoms with Crippen LogP contribution in [0.25, 0.3) is 0 Å². The predicted octanol–water partition coefficient (Wildman–Crippen LogP) is 3.52. The number of nitrogens with one attached hydrogen (secondary N) is 2. The number of hydrogen-bond donors (Lipinski definition) is 2. The molecule has 2 heterocycles. The highest BCUT2D eigenvalue weighted by Crippen LogP contribution is 2.28. The summed E-state index contributed by atoms with van der Waals surface area (Å²) in [5, 5.41) is 5.51. The van der Waals surface area contributed by atoms with Gasteiger partial charge in [-0.15, -0.1) is 11.3 Å². The number of anilines is 2. The number of nitrogens with zero attached hydrogens (tertiary/aromatic N) is 2. The molecule has 0 bridgehead atoms. The van der Waals surface area contributed by atoms with Crippen molar-refractivity contribution in [3.05, 3.63) is 45.4 Å². The van der Waals surface area contributed by atoms with Crippen molar-refractivity contribution in [1.29, 1.82) is 0 Å². The molecule has 1 saturated carbocycles. The van der Waals surface area contributed by atoms with Crippen LogP contribution in [0, 0.1) is 5.82 Å². The quantitative estimate of drug-likeness (QED) is 0.526. The van der Waals surface area contributed by atoms with E-state index in [-0.39, 0.29) is 36.7 Å². The fourth-order valence-corrected chi connectivity index (χ4v) is 5.26. The maximum atomic E-state index is 14.9. The van der Waals surface area contributed by atoms with Gasteiger partial charge in [-0.05, 0) is 49.7 Å². The first-order valence-corrected chi connectivity index (χ1v) is 12.8. The number of likely N-dealkylation sites (N-methyl/N-ethyl adjacent to an activating group) is 1. The summed E-state index contributed by atoms with van der Waals surface area (Å²) in [6.45, 7) is 3.34. The molecule has 188 valence electrons. The van der Waals surface area contributed by atoms with E-state index in [1.54, 1.807) is 18.2 Å². The Kier molecular flexibility index (Phi) is 8.38. The number of halogens is 2. The lowest BCUT2D eigenvalue weighted by Gasteiger charge is -2.41. The van der Waals surface area contributed by atoms with E-state index in [0.717, 1.165) is 30.6 Å². The van der Waals surface area contributed by atoms with Gasteiger partial charge >= 0.3 is 0 Å². The maximum absolute atomic E-state index is 14.9. The van der Waals surface area contributed by atoms with E-state index in [0.29, 0.717) is 34.6 Å². The summed E-state index contributed by atoms with van der Waals surface area (Å²) in [6.07, 6.45) is 3.04. The lowest BCUT2D eigenvalue weighted by molar-refractivity contribution is -0.125. The molecule has 0 spiro atoms. The maximum Gasteiger partial charge on any atom is 0.261 e. The van der Waals surface area contributed by atoms with E-state index in [1.807, 2.05) is 6.92 Å². The minimum Gasteiger partial charge on any atom is -0.370 e. The summed E-state index contributed by atoms with van der Waals surface area (Å²) >= 11 is 7.10. The molecule has 3 amide bonds. The Bertz CT molecular complexity index is 1090. The fourth-order valence-electron chi connectivity index (χ4n) is 4.31. The largest absolute Gasteiger partial charge is 0.370 e. The molecule has 2 fully saturated rings. The van der Waals surface area contributed by atoms with Crippen molar-refractivity contribution in [2.24, 2.45) is 0 Å². The topological polar surface area (TPSA) is 91.0 Å². The summed E-state index contributed by atoms with van der Waals surface area (Å²) in [6, 6.07) is 7.14. The molecule has 1 aromatic carbocycles. The molecule has 35 heavy (non-hydrogen) atoms. The Morgan fingerprint density at radius 2 is 2.11 bits per heavy atom. The number of morpholine rings is 1. The van der Waals surface area contributed by atoms with Gasteiger partial charge in [-0.1, -0.05) is 24.9 Å². The molecule has 2 aromatic rings. The molecule has 4 rings (SSSR count). The van der Waals surface area contributed by atoms with E-state index in [2.05, 4.69) is 15.5 Å². The number of hydrogen-bond acceptors (Lipinski definition) is 6. The van der Waals surface area contributed by atoms with Crippen LogP contribution in [0.3, 0.4) is 0 Å². The van der Waals surface area contributed by atoms with Gasteiger partial charge in [0.05, 0.1) is 21.5 Å². The Balaban J connectivity index is 1.48. The first-order valence-electron chi connectivity index (χ1n) is 11.6. The molecule has 1 aliphatic heterocycles. The molecule has 1 aromatic heterocycles. The summed E-state index contributed by atoms with van der Waals surface area (Å²) < 4.78 is 20.6. The van der Waals surface area contributed by atoms with Crippen LogP contribution in [-0.4, -0.2) is 67.6 Å². The lowest BCUT2D eigenvalue weighted by Crippen LogP contribution is -2.56. The third-order valence-electron chi connectivity index (χ3n) is 6.37. The Morgan fingerprint density at radius 1 is 1.31 bits per heavy atom. The van der Waals surface area contributed by atoms with Crippen LogP contribution in [0.15, 0.2) is 30.3 Å². The average Bonchev–Trinajstić information content (AvgIpc) is 3.25. The van der Waals surface area contributed by atoms with Crippen LogP contribution in [0.2, 0.25) is 4.34 Å². The predicted molar refractivity (Wildman–Crippen MR) is 134 cm³/mol. The minimum absolute atomic E-state index is 0.0190. The van der Waals surface area contributed by atoms with E-state index in [9.17, 15) is 18.8 Å². The molecule has 2 aliphatic rings. The summed E-state index contributed by atoms with van der Waals surface area (Å²) in [5.74, 6) is -1.60. The number of benzene rings is 1. The second-order valence-electron chi connectivity index (χ2n) is 8.50. The Hall–Kier alpha value is -2.53. The van der Waals surface area contributed by atoms with Crippen LogP contribution in [0.4, 0.5) is 15.8 Å².